The molecule has 3 rings (SSSR count). The number of rotatable bonds is 2. The highest BCUT2D eigenvalue weighted by molar-refractivity contribution is 5.65. The lowest BCUT2D eigenvalue weighted by molar-refractivity contribution is 1.01. The largest absolute Gasteiger partial charge is 0.399 e. The molecule has 0 atom stereocenters. The van der Waals surface area contributed by atoms with E-state index >= 15 is 0 Å². The van der Waals surface area contributed by atoms with Crippen LogP contribution in [0.15, 0.2) is 54.9 Å². The molecule has 2 N–H and O–H groups in total. The Hall–Kier alpha value is -2.55. The van der Waals surface area contributed by atoms with E-state index in [9.17, 15) is 0 Å². The molecule has 0 aliphatic rings. The maximum atomic E-state index is 5.95. The molecule has 20 heavy (non-hydrogen) atoms. The molecule has 0 bridgehead atoms. The maximum Gasteiger partial charge on any atom is 0.0546 e. The van der Waals surface area contributed by atoms with Gasteiger partial charge in [0.15, 0.2) is 0 Å². The SMILES string of the molecule is Cc1ccc(N)cc1-n1c(C)ccc1-c1cccnc1. The minimum atomic E-state index is 0.774. The highest BCUT2D eigenvalue weighted by Gasteiger charge is 2.11. The normalized spacial score (nSPS) is 10.7. The Morgan fingerprint density at radius 3 is 2.65 bits per heavy atom. The lowest BCUT2D eigenvalue weighted by Crippen LogP contribution is -2.02. The van der Waals surface area contributed by atoms with E-state index in [1.165, 1.54) is 11.3 Å². The molecule has 2 heterocycles. The van der Waals surface area contributed by atoms with Gasteiger partial charge >= 0.3 is 0 Å². The van der Waals surface area contributed by atoms with Crippen LogP contribution in [-0.4, -0.2) is 9.55 Å². The fourth-order valence-electron chi connectivity index (χ4n) is 2.47. The summed E-state index contributed by atoms with van der Waals surface area (Å²) in [7, 11) is 0. The minimum absolute atomic E-state index is 0.774. The van der Waals surface area contributed by atoms with Crippen molar-refractivity contribution in [2.75, 3.05) is 5.73 Å². The quantitative estimate of drug-likeness (QED) is 0.716. The van der Waals surface area contributed by atoms with Crippen LogP contribution in [0.5, 0.6) is 0 Å². The van der Waals surface area contributed by atoms with Gasteiger partial charge < -0.3 is 10.3 Å². The van der Waals surface area contributed by atoms with Gasteiger partial charge in [-0.25, -0.2) is 0 Å². The summed E-state index contributed by atoms with van der Waals surface area (Å²) in [5.74, 6) is 0. The van der Waals surface area contributed by atoms with Crippen LogP contribution in [0.2, 0.25) is 0 Å². The highest BCUT2D eigenvalue weighted by atomic mass is 15.0. The van der Waals surface area contributed by atoms with Crippen molar-refractivity contribution in [3.63, 3.8) is 0 Å². The molecule has 0 aliphatic carbocycles. The van der Waals surface area contributed by atoms with Gasteiger partial charge in [-0.1, -0.05) is 6.07 Å². The van der Waals surface area contributed by atoms with Crippen LogP contribution < -0.4 is 5.73 Å². The first kappa shape index (κ1) is 12.5. The highest BCUT2D eigenvalue weighted by Crippen LogP contribution is 2.28. The van der Waals surface area contributed by atoms with Crippen LogP contribution in [0.1, 0.15) is 11.3 Å². The topological polar surface area (TPSA) is 43.8 Å². The first-order valence-electron chi connectivity index (χ1n) is 6.62. The first-order valence-corrected chi connectivity index (χ1v) is 6.62. The molecule has 0 amide bonds. The molecular formula is C17H17N3. The van der Waals surface area contributed by atoms with Crippen LogP contribution in [0.25, 0.3) is 16.9 Å². The molecule has 3 aromatic rings. The molecule has 0 spiro atoms. The number of anilines is 1. The van der Waals surface area contributed by atoms with E-state index in [2.05, 4.69) is 47.7 Å². The Bertz CT molecular complexity index is 742. The van der Waals surface area contributed by atoms with Crippen LogP contribution in [0, 0.1) is 13.8 Å². The molecule has 3 nitrogen and oxygen atoms in total. The Kier molecular flexibility index (Phi) is 3.03. The lowest BCUT2D eigenvalue weighted by Gasteiger charge is -2.15. The molecule has 0 saturated carbocycles. The third kappa shape index (κ3) is 2.07. The van der Waals surface area contributed by atoms with Crippen LogP contribution in [-0.2, 0) is 0 Å². The molecule has 2 aromatic heterocycles. The molecule has 100 valence electrons. The van der Waals surface area contributed by atoms with E-state index in [0.717, 1.165) is 22.6 Å². The summed E-state index contributed by atoms with van der Waals surface area (Å²) in [6.45, 7) is 4.20. The van der Waals surface area contributed by atoms with Gasteiger partial charge in [0.2, 0.25) is 0 Å². The Morgan fingerprint density at radius 2 is 1.90 bits per heavy atom. The van der Waals surface area contributed by atoms with Crippen molar-refractivity contribution < 1.29 is 0 Å². The smallest absolute Gasteiger partial charge is 0.0546 e. The average molecular weight is 263 g/mol. The van der Waals surface area contributed by atoms with Crippen LogP contribution in [0.4, 0.5) is 5.69 Å². The summed E-state index contributed by atoms with van der Waals surface area (Å²) in [5.41, 5.74) is 12.4. The van der Waals surface area contributed by atoms with Gasteiger partial charge in [0, 0.05) is 29.3 Å². The van der Waals surface area contributed by atoms with Crippen LogP contribution >= 0.6 is 0 Å². The molecular weight excluding hydrogens is 246 g/mol. The molecule has 3 heteroatoms. The number of nitrogens with zero attached hydrogens (tertiary/aromatic N) is 2. The zero-order valence-corrected chi connectivity index (χ0v) is 11.7. The van der Waals surface area contributed by atoms with E-state index in [4.69, 9.17) is 5.73 Å². The molecule has 0 saturated heterocycles. The van der Waals surface area contributed by atoms with Gasteiger partial charge in [-0.2, -0.15) is 0 Å². The fraction of sp³-hybridized carbons (Fsp3) is 0.118. The van der Waals surface area contributed by atoms with Gasteiger partial charge in [0.25, 0.3) is 0 Å². The Morgan fingerprint density at radius 1 is 1.05 bits per heavy atom. The molecule has 0 radical (unpaired) electrons. The maximum absolute atomic E-state index is 5.95. The van der Waals surface area contributed by atoms with E-state index < -0.39 is 0 Å². The lowest BCUT2D eigenvalue weighted by atomic mass is 10.1. The van der Waals surface area contributed by atoms with E-state index in [1.807, 2.05) is 24.4 Å². The van der Waals surface area contributed by atoms with Gasteiger partial charge in [-0.3, -0.25) is 4.98 Å². The van der Waals surface area contributed by atoms with Gasteiger partial charge in [-0.15, -0.1) is 0 Å². The van der Waals surface area contributed by atoms with E-state index in [0.29, 0.717) is 0 Å². The van der Waals surface area contributed by atoms with Gasteiger partial charge in [-0.05, 0) is 55.8 Å². The fourth-order valence-corrected chi connectivity index (χ4v) is 2.47. The minimum Gasteiger partial charge on any atom is -0.399 e. The number of aryl methyl sites for hydroxylation is 2. The van der Waals surface area contributed by atoms with Crippen molar-refractivity contribution in [2.45, 2.75) is 13.8 Å². The molecule has 0 fully saturated rings. The van der Waals surface area contributed by atoms with Gasteiger partial charge in [0.05, 0.1) is 11.4 Å². The van der Waals surface area contributed by atoms with Crippen molar-refractivity contribution in [1.82, 2.24) is 9.55 Å². The third-order valence-electron chi connectivity index (χ3n) is 3.51. The second kappa shape index (κ2) is 4.85. The van der Waals surface area contributed by atoms with Crippen molar-refractivity contribution in [3.05, 3.63) is 66.1 Å². The van der Waals surface area contributed by atoms with Crippen molar-refractivity contribution >= 4 is 5.69 Å². The monoisotopic (exact) mass is 263 g/mol. The van der Waals surface area contributed by atoms with Crippen molar-refractivity contribution in [1.29, 1.82) is 0 Å². The van der Waals surface area contributed by atoms with Crippen LogP contribution in [0.3, 0.4) is 0 Å². The summed E-state index contributed by atoms with van der Waals surface area (Å²) >= 11 is 0. The zero-order chi connectivity index (χ0) is 14.1. The van der Waals surface area contributed by atoms with E-state index in [1.54, 1.807) is 6.20 Å². The Labute approximate surface area is 118 Å². The number of nitrogen functional groups attached to an aromatic ring is 1. The molecule has 1 aromatic carbocycles. The number of hydrogen-bond acceptors (Lipinski definition) is 2. The number of benzene rings is 1. The van der Waals surface area contributed by atoms with E-state index in [-0.39, 0.29) is 0 Å². The Balaban J connectivity index is 2.24. The number of hydrogen-bond donors (Lipinski definition) is 1. The zero-order valence-electron chi connectivity index (χ0n) is 11.7. The second-order valence-electron chi connectivity index (χ2n) is 4.98. The molecule has 0 unspecified atom stereocenters. The summed E-state index contributed by atoms with van der Waals surface area (Å²) in [6, 6.07) is 14.3. The standard InChI is InChI=1S/C17H17N3/c1-12-5-7-15(18)10-17(12)20-13(2)6-8-16(20)14-4-3-9-19-11-14/h3-11H,18H2,1-2H3. The summed E-state index contributed by atoms with van der Waals surface area (Å²) in [6.07, 6.45) is 3.67. The summed E-state index contributed by atoms with van der Waals surface area (Å²) in [5, 5.41) is 0. The number of pyridine rings is 1. The number of aromatic nitrogens is 2. The predicted molar refractivity (Wildman–Crippen MR) is 82.9 cm³/mol. The van der Waals surface area contributed by atoms with Crippen molar-refractivity contribution in [3.8, 4) is 16.9 Å². The average Bonchev–Trinajstić information content (AvgIpc) is 2.84. The third-order valence-corrected chi connectivity index (χ3v) is 3.51. The predicted octanol–water partition coefficient (Wildman–Crippen LogP) is 3.74. The molecule has 0 aliphatic heterocycles. The van der Waals surface area contributed by atoms with Crippen molar-refractivity contribution in [2.24, 2.45) is 0 Å². The second-order valence-corrected chi connectivity index (χ2v) is 4.98. The summed E-state index contributed by atoms with van der Waals surface area (Å²) < 4.78 is 2.22. The first-order chi connectivity index (χ1) is 9.66. The number of nitrogens with two attached hydrogens (primary N) is 1. The van der Waals surface area contributed by atoms with Gasteiger partial charge in [0.1, 0.15) is 0 Å². The summed E-state index contributed by atoms with van der Waals surface area (Å²) in [4.78, 5) is 4.21.